The Labute approximate surface area is 97.3 Å². The molecule has 1 aromatic rings. The van der Waals surface area contributed by atoms with E-state index in [1.54, 1.807) is 0 Å². The largest absolute Gasteiger partial charge is 0.314 e. The van der Waals surface area contributed by atoms with Crippen LogP contribution in [0.1, 0.15) is 18.4 Å². The molecule has 0 bridgehead atoms. The van der Waals surface area contributed by atoms with Crippen LogP contribution in [0.15, 0.2) is 24.5 Å². The van der Waals surface area contributed by atoms with Crippen molar-refractivity contribution in [3.63, 3.8) is 0 Å². The van der Waals surface area contributed by atoms with Crippen molar-refractivity contribution in [1.82, 2.24) is 10.3 Å². The van der Waals surface area contributed by atoms with Crippen LogP contribution in [0.3, 0.4) is 0 Å². The van der Waals surface area contributed by atoms with Crippen LogP contribution >= 0.6 is 24.8 Å². The molecule has 0 saturated carbocycles. The Hall–Kier alpha value is -0.310. The molecular formula is C10H16Cl2N2. The van der Waals surface area contributed by atoms with Gasteiger partial charge in [0.05, 0.1) is 0 Å². The Morgan fingerprint density at radius 2 is 2.29 bits per heavy atom. The highest BCUT2D eigenvalue weighted by Crippen LogP contribution is 2.10. The number of halogens is 2. The van der Waals surface area contributed by atoms with Gasteiger partial charge in [0, 0.05) is 18.4 Å². The SMILES string of the molecule is Cl.Cl.c1cncc(CC2CCCN2)c1. The minimum absolute atomic E-state index is 0. The number of hydrogen-bond donors (Lipinski definition) is 1. The van der Waals surface area contributed by atoms with Crippen LogP contribution < -0.4 is 5.32 Å². The normalized spacial score (nSPS) is 19.6. The van der Waals surface area contributed by atoms with Crippen LogP contribution in [0, 0.1) is 0 Å². The molecule has 2 heterocycles. The first-order valence-corrected chi connectivity index (χ1v) is 4.57. The summed E-state index contributed by atoms with van der Waals surface area (Å²) in [4.78, 5) is 4.10. The monoisotopic (exact) mass is 234 g/mol. The van der Waals surface area contributed by atoms with E-state index in [9.17, 15) is 0 Å². The van der Waals surface area contributed by atoms with E-state index in [1.165, 1.54) is 24.9 Å². The molecule has 4 heteroatoms. The second kappa shape index (κ2) is 7.04. The first-order chi connectivity index (χ1) is 5.95. The first kappa shape index (κ1) is 13.7. The highest BCUT2D eigenvalue weighted by Gasteiger charge is 2.13. The zero-order valence-electron chi connectivity index (χ0n) is 7.98. The lowest BCUT2D eigenvalue weighted by Gasteiger charge is -2.08. The fourth-order valence-corrected chi connectivity index (χ4v) is 1.73. The molecule has 80 valence electrons. The van der Waals surface area contributed by atoms with Gasteiger partial charge in [-0.25, -0.2) is 0 Å². The van der Waals surface area contributed by atoms with Crippen molar-refractivity contribution in [3.8, 4) is 0 Å². The molecule has 1 aliphatic rings. The van der Waals surface area contributed by atoms with Crippen molar-refractivity contribution in [1.29, 1.82) is 0 Å². The summed E-state index contributed by atoms with van der Waals surface area (Å²) in [7, 11) is 0. The van der Waals surface area contributed by atoms with Crippen LogP contribution in [0.5, 0.6) is 0 Å². The van der Waals surface area contributed by atoms with Crippen LogP contribution in [-0.4, -0.2) is 17.6 Å². The fraction of sp³-hybridized carbons (Fsp3) is 0.500. The number of nitrogens with zero attached hydrogens (tertiary/aromatic N) is 1. The minimum atomic E-state index is 0. The zero-order valence-corrected chi connectivity index (χ0v) is 9.61. The van der Waals surface area contributed by atoms with E-state index in [-0.39, 0.29) is 24.8 Å². The predicted octanol–water partition coefficient (Wildman–Crippen LogP) is 2.22. The Kier molecular flexibility index (Phi) is 6.89. The lowest BCUT2D eigenvalue weighted by Crippen LogP contribution is -2.23. The van der Waals surface area contributed by atoms with Crippen molar-refractivity contribution < 1.29 is 0 Å². The van der Waals surface area contributed by atoms with Gasteiger partial charge in [-0.1, -0.05) is 6.07 Å². The number of hydrogen-bond acceptors (Lipinski definition) is 2. The number of rotatable bonds is 2. The average Bonchev–Trinajstić information content (AvgIpc) is 2.59. The molecule has 0 amide bonds. The number of aromatic nitrogens is 1. The molecule has 1 aliphatic heterocycles. The lowest BCUT2D eigenvalue weighted by atomic mass is 10.1. The molecule has 1 atom stereocenters. The van der Waals surface area contributed by atoms with E-state index in [4.69, 9.17) is 0 Å². The van der Waals surface area contributed by atoms with Gasteiger partial charge in [-0.3, -0.25) is 4.98 Å². The third-order valence-electron chi connectivity index (χ3n) is 2.37. The van der Waals surface area contributed by atoms with Gasteiger partial charge in [-0.2, -0.15) is 0 Å². The van der Waals surface area contributed by atoms with Crippen LogP contribution in [-0.2, 0) is 6.42 Å². The van der Waals surface area contributed by atoms with Crippen molar-refractivity contribution in [2.75, 3.05) is 6.54 Å². The van der Waals surface area contributed by atoms with Crippen molar-refractivity contribution in [3.05, 3.63) is 30.1 Å². The number of pyridine rings is 1. The third kappa shape index (κ3) is 3.82. The second-order valence-electron chi connectivity index (χ2n) is 3.36. The Morgan fingerprint density at radius 3 is 2.86 bits per heavy atom. The van der Waals surface area contributed by atoms with Gasteiger partial charge in [0.1, 0.15) is 0 Å². The summed E-state index contributed by atoms with van der Waals surface area (Å²) in [6, 6.07) is 4.84. The minimum Gasteiger partial charge on any atom is -0.314 e. The average molecular weight is 235 g/mol. The molecule has 1 aromatic heterocycles. The molecule has 0 radical (unpaired) electrons. The molecule has 14 heavy (non-hydrogen) atoms. The topological polar surface area (TPSA) is 24.9 Å². The van der Waals surface area contributed by atoms with Gasteiger partial charge in [-0.15, -0.1) is 24.8 Å². The summed E-state index contributed by atoms with van der Waals surface area (Å²) in [5.41, 5.74) is 1.34. The van der Waals surface area contributed by atoms with E-state index in [1.807, 2.05) is 18.5 Å². The Balaban J connectivity index is 0.000000845. The molecule has 0 aromatic carbocycles. The van der Waals surface area contributed by atoms with Crippen LogP contribution in [0.4, 0.5) is 0 Å². The Bertz CT molecular complexity index is 235. The first-order valence-electron chi connectivity index (χ1n) is 4.57. The van der Waals surface area contributed by atoms with Crippen molar-refractivity contribution in [2.24, 2.45) is 0 Å². The van der Waals surface area contributed by atoms with Gasteiger partial charge >= 0.3 is 0 Å². The van der Waals surface area contributed by atoms with E-state index in [0.29, 0.717) is 6.04 Å². The lowest BCUT2D eigenvalue weighted by molar-refractivity contribution is 0.602. The van der Waals surface area contributed by atoms with E-state index >= 15 is 0 Å². The molecule has 2 nitrogen and oxygen atoms in total. The summed E-state index contributed by atoms with van der Waals surface area (Å²) in [5.74, 6) is 0. The molecule has 0 aliphatic carbocycles. The molecule has 1 N–H and O–H groups in total. The standard InChI is InChI=1S/C10H14N2.2ClH/c1-3-9(8-11-5-1)7-10-4-2-6-12-10;;/h1,3,5,8,10,12H,2,4,6-7H2;2*1H. The van der Waals surface area contributed by atoms with Crippen molar-refractivity contribution in [2.45, 2.75) is 25.3 Å². The van der Waals surface area contributed by atoms with Gasteiger partial charge < -0.3 is 5.32 Å². The zero-order chi connectivity index (χ0) is 8.23. The smallest absolute Gasteiger partial charge is 0.0300 e. The maximum atomic E-state index is 4.10. The summed E-state index contributed by atoms with van der Waals surface area (Å²) < 4.78 is 0. The van der Waals surface area contributed by atoms with Gasteiger partial charge in [0.2, 0.25) is 0 Å². The van der Waals surface area contributed by atoms with E-state index in [2.05, 4.69) is 16.4 Å². The maximum Gasteiger partial charge on any atom is 0.0300 e. The van der Waals surface area contributed by atoms with Crippen LogP contribution in [0.2, 0.25) is 0 Å². The molecule has 1 unspecified atom stereocenters. The third-order valence-corrected chi connectivity index (χ3v) is 2.37. The molecule has 1 saturated heterocycles. The molecular weight excluding hydrogens is 219 g/mol. The van der Waals surface area contributed by atoms with Crippen molar-refractivity contribution >= 4 is 24.8 Å². The van der Waals surface area contributed by atoms with Gasteiger partial charge in [0.15, 0.2) is 0 Å². The summed E-state index contributed by atoms with van der Waals surface area (Å²) in [6.07, 6.45) is 7.55. The second-order valence-corrected chi connectivity index (χ2v) is 3.36. The van der Waals surface area contributed by atoms with Crippen LogP contribution in [0.25, 0.3) is 0 Å². The highest BCUT2D eigenvalue weighted by molar-refractivity contribution is 5.85. The predicted molar refractivity (Wildman–Crippen MR) is 63.5 cm³/mol. The molecule has 0 spiro atoms. The highest BCUT2D eigenvalue weighted by atomic mass is 35.5. The Morgan fingerprint density at radius 1 is 1.43 bits per heavy atom. The molecule has 1 fully saturated rings. The van der Waals surface area contributed by atoms with Gasteiger partial charge in [0.25, 0.3) is 0 Å². The quantitative estimate of drug-likeness (QED) is 0.850. The number of nitrogens with one attached hydrogen (secondary N) is 1. The summed E-state index contributed by atoms with van der Waals surface area (Å²) in [5, 5.41) is 3.48. The summed E-state index contributed by atoms with van der Waals surface area (Å²) in [6.45, 7) is 1.19. The maximum absolute atomic E-state index is 4.10. The fourth-order valence-electron chi connectivity index (χ4n) is 1.73. The van der Waals surface area contributed by atoms with E-state index < -0.39 is 0 Å². The van der Waals surface area contributed by atoms with E-state index in [0.717, 1.165) is 6.42 Å². The van der Waals surface area contributed by atoms with Gasteiger partial charge in [-0.05, 0) is 37.4 Å². The molecule has 2 rings (SSSR count). The summed E-state index contributed by atoms with van der Waals surface area (Å²) >= 11 is 0.